The van der Waals surface area contributed by atoms with Crippen molar-refractivity contribution in [2.45, 2.75) is 13.5 Å². The van der Waals surface area contributed by atoms with Crippen LogP contribution in [0, 0.1) is 0 Å². The van der Waals surface area contributed by atoms with Crippen molar-refractivity contribution in [1.82, 2.24) is 15.0 Å². The Morgan fingerprint density at radius 3 is 2.37 bits per heavy atom. The van der Waals surface area contributed by atoms with Gasteiger partial charge in [0.25, 0.3) is 0 Å². The summed E-state index contributed by atoms with van der Waals surface area (Å²) < 4.78 is 0. The number of carbonyl (C=O) groups excluding carboxylic acids is 1. The van der Waals surface area contributed by atoms with Gasteiger partial charge in [0.2, 0.25) is 5.95 Å². The Labute approximate surface area is 175 Å². The van der Waals surface area contributed by atoms with E-state index in [2.05, 4.69) is 25.6 Å². The first kappa shape index (κ1) is 19.3. The molecule has 0 aliphatic carbocycles. The van der Waals surface area contributed by atoms with Crippen LogP contribution < -0.4 is 10.6 Å². The van der Waals surface area contributed by atoms with Crippen LogP contribution in [0.2, 0.25) is 0 Å². The SMILES string of the molecule is CC(=O)c1ccc(Nc2nc(NCc3ccccn3)cc(-c3ccccc3)n2)cc1. The number of pyridine rings is 1. The highest BCUT2D eigenvalue weighted by molar-refractivity contribution is 5.94. The van der Waals surface area contributed by atoms with Crippen LogP contribution in [0.15, 0.2) is 85.1 Å². The first-order valence-corrected chi connectivity index (χ1v) is 9.64. The summed E-state index contributed by atoms with van der Waals surface area (Å²) in [4.78, 5) is 25.1. The van der Waals surface area contributed by atoms with Crippen molar-refractivity contribution < 1.29 is 4.79 Å². The molecule has 30 heavy (non-hydrogen) atoms. The monoisotopic (exact) mass is 395 g/mol. The Morgan fingerprint density at radius 2 is 1.67 bits per heavy atom. The third-order valence-corrected chi connectivity index (χ3v) is 4.52. The summed E-state index contributed by atoms with van der Waals surface area (Å²) in [5.41, 5.74) is 4.19. The highest BCUT2D eigenvalue weighted by Crippen LogP contribution is 2.23. The van der Waals surface area contributed by atoms with E-state index in [0.717, 1.165) is 22.6 Å². The highest BCUT2D eigenvalue weighted by atomic mass is 16.1. The zero-order chi connectivity index (χ0) is 20.8. The second-order valence-corrected chi connectivity index (χ2v) is 6.76. The number of Topliss-reactive ketones (excluding diaryl/α,β-unsaturated/α-hetero) is 1. The van der Waals surface area contributed by atoms with Crippen LogP contribution in [0.5, 0.6) is 0 Å². The summed E-state index contributed by atoms with van der Waals surface area (Å²) in [6.45, 7) is 2.10. The molecule has 0 saturated heterocycles. The van der Waals surface area contributed by atoms with E-state index >= 15 is 0 Å². The van der Waals surface area contributed by atoms with E-state index in [1.54, 1.807) is 25.3 Å². The Balaban J connectivity index is 1.62. The molecule has 6 nitrogen and oxygen atoms in total. The van der Waals surface area contributed by atoms with Gasteiger partial charge in [0.1, 0.15) is 5.82 Å². The molecule has 2 N–H and O–H groups in total. The lowest BCUT2D eigenvalue weighted by Gasteiger charge is -2.12. The van der Waals surface area contributed by atoms with Gasteiger partial charge in [-0.2, -0.15) is 4.98 Å². The fourth-order valence-corrected chi connectivity index (χ4v) is 2.95. The third-order valence-electron chi connectivity index (χ3n) is 4.52. The number of carbonyl (C=O) groups is 1. The minimum atomic E-state index is 0.0323. The zero-order valence-corrected chi connectivity index (χ0v) is 16.5. The quantitative estimate of drug-likeness (QED) is 0.424. The van der Waals surface area contributed by atoms with Gasteiger partial charge in [-0.25, -0.2) is 4.98 Å². The van der Waals surface area contributed by atoms with Gasteiger partial charge in [-0.3, -0.25) is 9.78 Å². The Kier molecular flexibility index (Phi) is 5.75. The maximum absolute atomic E-state index is 11.5. The molecular formula is C24H21N5O. The van der Waals surface area contributed by atoms with Crippen molar-refractivity contribution >= 4 is 23.2 Å². The molecule has 2 aromatic heterocycles. The van der Waals surface area contributed by atoms with Gasteiger partial charge >= 0.3 is 0 Å². The maximum atomic E-state index is 11.5. The highest BCUT2D eigenvalue weighted by Gasteiger charge is 2.08. The van der Waals surface area contributed by atoms with Crippen molar-refractivity contribution in [3.63, 3.8) is 0 Å². The molecule has 0 aliphatic rings. The van der Waals surface area contributed by atoms with Gasteiger partial charge in [-0.1, -0.05) is 36.4 Å². The fraction of sp³-hybridized carbons (Fsp3) is 0.0833. The van der Waals surface area contributed by atoms with Gasteiger partial charge in [-0.15, -0.1) is 0 Å². The molecule has 0 radical (unpaired) electrons. The van der Waals surface area contributed by atoms with Crippen molar-refractivity contribution in [1.29, 1.82) is 0 Å². The zero-order valence-electron chi connectivity index (χ0n) is 16.5. The van der Waals surface area contributed by atoms with Crippen molar-refractivity contribution in [3.05, 3.63) is 96.3 Å². The molecule has 148 valence electrons. The smallest absolute Gasteiger partial charge is 0.229 e. The number of benzene rings is 2. The van der Waals surface area contributed by atoms with E-state index < -0.39 is 0 Å². The molecule has 2 heterocycles. The number of hydrogen-bond donors (Lipinski definition) is 2. The number of nitrogens with one attached hydrogen (secondary N) is 2. The lowest BCUT2D eigenvalue weighted by molar-refractivity contribution is 0.101. The molecule has 0 amide bonds. The van der Waals surface area contributed by atoms with E-state index in [1.807, 2.05) is 66.7 Å². The average molecular weight is 395 g/mol. The normalized spacial score (nSPS) is 10.4. The largest absolute Gasteiger partial charge is 0.364 e. The number of aromatic nitrogens is 3. The van der Waals surface area contributed by atoms with Crippen molar-refractivity contribution in [2.24, 2.45) is 0 Å². The van der Waals surface area contributed by atoms with E-state index in [9.17, 15) is 4.79 Å². The van der Waals surface area contributed by atoms with Crippen LogP contribution in [0.4, 0.5) is 17.5 Å². The predicted octanol–water partition coefficient (Wildman–Crippen LogP) is 5.10. The minimum Gasteiger partial charge on any atom is -0.364 e. The summed E-state index contributed by atoms with van der Waals surface area (Å²) in [6, 6.07) is 24.9. The lowest BCUT2D eigenvalue weighted by Crippen LogP contribution is -2.06. The molecule has 0 saturated carbocycles. The van der Waals surface area contributed by atoms with E-state index in [0.29, 0.717) is 23.9 Å². The number of anilines is 3. The summed E-state index contributed by atoms with van der Waals surface area (Å²) in [5, 5.41) is 6.55. The van der Waals surface area contributed by atoms with Crippen molar-refractivity contribution in [3.8, 4) is 11.3 Å². The second kappa shape index (κ2) is 8.96. The summed E-state index contributed by atoms with van der Waals surface area (Å²) in [7, 11) is 0. The maximum Gasteiger partial charge on any atom is 0.229 e. The van der Waals surface area contributed by atoms with Crippen LogP contribution >= 0.6 is 0 Å². The van der Waals surface area contributed by atoms with Gasteiger partial charge in [0.05, 0.1) is 17.9 Å². The van der Waals surface area contributed by atoms with E-state index in [4.69, 9.17) is 0 Å². The van der Waals surface area contributed by atoms with Gasteiger partial charge in [0.15, 0.2) is 5.78 Å². The molecule has 0 unspecified atom stereocenters. The minimum absolute atomic E-state index is 0.0323. The van der Waals surface area contributed by atoms with Crippen LogP contribution in [0.25, 0.3) is 11.3 Å². The molecule has 6 heteroatoms. The number of rotatable bonds is 7. The van der Waals surface area contributed by atoms with Gasteiger partial charge < -0.3 is 10.6 Å². The molecule has 2 aromatic carbocycles. The molecule has 0 fully saturated rings. The molecule has 0 bridgehead atoms. The molecule has 4 rings (SSSR count). The lowest BCUT2D eigenvalue weighted by atomic mass is 10.1. The number of nitrogens with zero attached hydrogens (tertiary/aromatic N) is 3. The van der Waals surface area contributed by atoms with Crippen LogP contribution in [0.3, 0.4) is 0 Å². The molecule has 0 spiro atoms. The molecule has 4 aromatic rings. The first-order valence-electron chi connectivity index (χ1n) is 9.64. The average Bonchev–Trinajstić information content (AvgIpc) is 2.79. The summed E-state index contributed by atoms with van der Waals surface area (Å²) in [6.07, 6.45) is 1.77. The van der Waals surface area contributed by atoms with Crippen molar-refractivity contribution in [2.75, 3.05) is 10.6 Å². The second-order valence-electron chi connectivity index (χ2n) is 6.76. The predicted molar refractivity (Wildman–Crippen MR) is 119 cm³/mol. The first-order chi connectivity index (χ1) is 14.7. The topological polar surface area (TPSA) is 79.8 Å². The standard InChI is InChI=1S/C24H21N5O/c1-17(30)18-10-12-20(13-11-18)27-24-28-22(19-7-3-2-4-8-19)15-23(29-24)26-16-21-9-5-6-14-25-21/h2-15H,16H2,1H3,(H2,26,27,28,29). The van der Waals surface area contributed by atoms with E-state index in [-0.39, 0.29) is 5.78 Å². The number of hydrogen-bond acceptors (Lipinski definition) is 6. The van der Waals surface area contributed by atoms with Gasteiger partial charge in [-0.05, 0) is 43.3 Å². The summed E-state index contributed by atoms with van der Waals surface area (Å²) in [5.74, 6) is 1.19. The van der Waals surface area contributed by atoms with Crippen LogP contribution in [-0.4, -0.2) is 20.7 Å². The van der Waals surface area contributed by atoms with Crippen LogP contribution in [0.1, 0.15) is 23.0 Å². The molecule has 0 aliphatic heterocycles. The molecular weight excluding hydrogens is 374 g/mol. The van der Waals surface area contributed by atoms with E-state index in [1.165, 1.54) is 0 Å². The Morgan fingerprint density at radius 1 is 0.900 bits per heavy atom. The fourth-order valence-electron chi connectivity index (χ4n) is 2.95. The summed E-state index contributed by atoms with van der Waals surface area (Å²) >= 11 is 0. The van der Waals surface area contributed by atoms with Crippen LogP contribution in [-0.2, 0) is 6.54 Å². The Bertz CT molecular complexity index is 1130. The van der Waals surface area contributed by atoms with Gasteiger partial charge in [0, 0.05) is 29.1 Å². The molecule has 0 atom stereocenters. The third kappa shape index (κ3) is 4.86. The Hall–Kier alpha value is -4.06. The number of ketones is 1.